The van der Waals surface area contributed by atoms with Crippen LogP contribution in [-0.2, 0) is 4.74 Å². The van der Waals surface area contributed by atoms with E-state index in [2.05, 4.69) is 20.8 Å². The zero-order chi connectivity index (χ0) is 12.8. The summed E-state index contributed by atoms with van der Waals surface area (Å²) in [5, 5.41) is 0. The van der Waals surface area contributed by atoms with E-state index in [9.17, 15) is 0 Å². The van der Waals surface area contributed by atoms with Gasteiger partial charge in [-0.3, -0.25) is 0 Å². The second kappa shape index (κ2) is 14.0. The lowest BCUT2D eigenvalue weighted by molar-refractivity contribution is 0.140. The van der Waals surface area contributed by atoms with Crippen molar-refractivity contribution < 1.29 is 4.74 Å². The van der Waals surface area contributed by atoms with Crippen LogP contribution in [0.2, 0.25) is 0 Å². The van der Waals surface area contributed by atoms with Crippen molar-refractivity contribution in [3.63, 3.8) is 0 Å². The van der Waals surface area contributed by atoms with E-state index in [0.29, 0.717) is 0 Å². The molecule has 0 aliphatic rings. The average Bonchev–Trinajstić information content (AvgIpc) is 2.30. The molecule has 0 aromatic rings. The van der Waals surface area contributed by atoms with Gasteiger partial charge in [0, 0.05) is 6.61 Å². The summed E-state index contributed by atoms with van der Waals surface area (Å²) in [5.74, 6) is 1.37. The van der Waals surface area contributed by atoms with Gasteiger partial charge in [0.1, 0.15) is 0 Å². The maximum absolute atomic E-state index is 5.53. The highest BCUT2D eigenvalue weighted by atomic mass is 16.5. The van der Waals surface area contributed by atoms with E-state index in [4.69, 9.17) is 4.74 Å². The van der Waals surface area contributed by atoms with Crippen LogP contribution in [0.1, 0.15) is 85.0 Å². The molecule has 0 amide bonds. The Balaban J connectivity index is 2.89. The van der Waals surface area contributed by atoms with Gasteiger partial charge < -0.3 is 4.74 Å². The third-order valence-electron chi connectivity index (χ3n) is 3.03. The van der Waals surface area contributed by atoms with E-state index in [1.54, 1.807) is 0 Å². The minimum atomic E-state index is 0.845. The Bertz CT molecular complexity index is 131. The van der Waals surface area contributed by atoms with Crippen LogP contribution >= 0.6 is 0 Å². The minimum Gasteiger partial charge on any atom is -0.381 e. The van der Waals surface area contributed by atoms with Crippen molar-refractivity contribution in [3.05, 3.63) is 5.92 Å². The Kier molecular flexibility index (Phi) is 14.0. The molecule has 1 nitrogen and oxygen atoms in total. The predicted molar refractivity (Wildman–Crippen MR) is 77.3 cm³/mol. The zero-order valence-electron chi connectivity index (χ0n) is 12.4. The molecule has 0 aliphatic carbocycles. The molecular formula is C16H33O. The van der Waals surface area contributed by atoms with Gasteiger partial charge in [0.15, 0.2) is 0 Å². The maximum Gasteiger partial charge on any atom is 0.0523 e. The molecule has 0 bridgehead atoms. The third-order valence-corrected chi connectivity index (χ3v) is 3.03. The normalized spacial score (nSPS) is 11.3. The second-order valence-corrected chi connectivity index (χ2v) is 5.44. The van der Waals surface area contributed by atoms with Crippen molar-refractivity contribution in [3.8, 4) is 0 Å². The Hall–Kier alpha value is -0.0400. The summed E-state index contributed by atoms with van der Waals surface area (Å²) in [5.41, 5.74) is 0. The highest BCUT2D eigenvalue weighted by molar-refractivity contribution is 4.75. The van der Waals surface area contributed by atoms with Gasteiger partial charge in [0.05, 0.1) is 6.61 Å². The fourth-order valence-corrected chi connectivity index (χ4v) is 1.97. The van der Waals surface area contributed by atoms with Gasteiger partial charge in [0.25, 0.3) is 0 Å². The molecule has 103 valence electrons. The van der Waals surface area contributed by atoms with Crippen LogP contribution in [0.25, 0.3) is 0 Å². The van der Waals surface area contributed by atoms with Gasteiger partial charge >= 0.3 is 0 Å². The van der Waals surface area contributed by atoms with Crippen molar-refractivity contribution in [2.24, 2.45) is 0 Å². The predicted octanol–water partition coefficient (Wildman–Crippen LogP) is 5.54. The summed E-state index contributed by atoms with van der Waals surface area (Å²) in [6.07, 6.45) is 13.9. The van der Waals surface area contributed by atoms with Gasteiger partial charge in [-0.05, 0) is 12.3 Å². The second-order valence-electron chi connectivity index (χ2n) is 5.44. The molecule has 0 aromatic carbocycles. The van der Waals surface area contributed by atoms with Gasteiger partial charge in [-0.15, -0.1) is 0 Å². The topological polar surface area (TPSA) is 9.23 Å². The van der Waals surface area contributed by atoms with E-state index >= 15 is 0 Å². The van der Waals surface area contributed by atoms with E-state index in [0.717, 1.165) is 13.2 Å². The Morgan fingerprint density at radius 1 is 0.706 bits per heavy atom. The molecule has 0 aromatic heterocycles. The van der Waals surface area contributed by atoms with Crippen molar-refractivity contribution >= 4 is 0 Å². The van der Waals surface area contributed by atoms with Crippen LogP contribution in [0.4, 0.5) is 0 Å². The fraction of sp³-hybridized carbons (Fsp3) is 0.938. The summed E-state index contributed by atoms with van der Waals surface area (Å²) in [7, 11) is 0. The first-order valence-electron chi connectivity index (χ1n) is 7.64. The highest BCUT2D eigenvalue weighted by Gasteiger charge is 1.95. The van der Waals surface area contributed by atoms with Gasteiger partial charge in [-0.25, -0.2) is 0 Å². The van der Waals surface area contributed by atoms with Crippen molar-refractivity contribution in [1.29, 1.82) is 0 Å². The molecule has 1 radical (unpaired) electrons. The number of ether oxygens (including phenoxy) is 1. The van der Waals surface area contributed by atoms with Crippen LogP contribution < -0.4 is 0 Å². The zero-order valence-corrected chi connectivity index (χ0v) is 12.4. The summed E-state index contributed by atoms with van der Waals surface area (Å²) in [6, 6.07) is 0. The molecule has 0 spiro atoms. The smallest absolute Gasteiger partial charge is 0.0523 e. The standard InChI is InChI=1S/C16H33O/c1-4-5-6-7-8-9-10-11-12-13-14-17-15-16(2)3/h4-15H2,1-3H3. The molecular weight excluding hydrogens is 208 g/mol. The first kappa shape index (κ1) is 17.0. The molecule has 17 heavy (non-hydrogen) atoms. The summed E-state index contributed by atoms with van der Waals surface area (Å²) in [4.78, 5) is 0. The van der Waals surface area contributed by atoms with Gasteiger partial charge in [-0.2, -0.15) is 0 Å². The Morgan fingerprint density at radius 3 is 1.65 bits per heavy atom. The SMILES string of the molecule is CCCCCCCCCCCCOC[C](C)C. The molecule has 1 heteroatoms. The lowest BCUT2D eigenvalue weighted by atomic mass is 10.1. The number of unbranched alkanes of at least 4 members (excludes halogenated alkanes) is 9. The molecule has 0 rings (SSSR count). The molecule has 0 saturated carbocycles. The third kappa shape index (κ3) is 16.0. The summed E-state index contributed by atoms with van der Waals surface area (Å²) < 4.78 is 5.53. The lowest BCUT2D eigenvalue weighted by Gasteiger charge is -2.06. The van der Waals surface area contributed by atoms with Crippen molar-refractivity contribution in [2.45, 2.75) is 85.0 Å². The minimum absolute atomic E-state index is 0.845. The quantitative estimate of drug-likeness (QED) is 0.385. The number of hydrogen-bond acceptors (Lipinski definition) is 1. The maximum atomic E-state index is 5.53. The van der Waals surface area contributed by atoms with Crippen LogP contribution in [0, 0.1) is 5.92 Å². The largest absolute Gasteiger partial charge is 0.381 e. The summed E-state index contributed by atoms with van der Waals surface area (Å²) >= 11 is 0. The first-order valence-corrected chi connectivity index (χ1v) is 7.64. The first-order chi connectivity index (χ1) is 8.27. The molecule has 0 N–H and O–H groups in total. The number of rotatable bonds is 13. The number of hydrogen-bond donors (Lipinski definition) is 0. The lowest BCUT2D eigenvalue weighted by Crippen LogP contribution is -2.01. The van der Waals surface area contributed by atoms with Crippen molar-refractivity contribution in [2.75, 3.05) is 13.2 Å². The summed E-state index contributed by atoms with van der Waals surface area (Å²) in [6.45, 7) is 8.32. The average molecular weight is 241 g/mol. The molecule has 0 saturated heterocycles. The van der Waals surface area contributed by atoms with Crippen LogP contribution in [0.3, 0.4) is 0 Å². The van der Waals surface area contributed by atoms with Crippen LogP contribution in [0.15, 0.2) is 0 Å². The van der Waals surface area contributed by atoms with E-state index < -0.39 is 0 Å². The molecule has 0 heterocycles. The van der Waals surface area contributed by atoms with E-state index in [1.165, 1.54) is 70.1 Å². The van der Waals surface area contributed by atoms with Crippen LogP contribution in [-0.4, -0.2) is 13.2 Å². The highest BCUT2D eigenvalue weighted by Crippen LogP contribution is 2.10. The van der Waals surface area contributed by atoms with Gasteiger partial charge in [-0.1, -0.05) is 78.6 Å². The fourth-order valence-electron chi connectivity index (χ4n) is 1.97. The van der Waals surface area contributed by atoms with Crippen molar-refractivity contribution in [1.82, 2.24) is 0 Å². The van der Waals surface area contributed by atoms with Crippen LogP contribution in [0.5, 0.6) is 0 Å². The van der Waals surface area contributed by atoms with E-state index in [1.807, 2.05) is 0 Å². The molecule has 0 atom stereocenters. The molecule has 0 unspecified atom stereocenters. The van der Waals surface area contributed by atoms with Gasteiger partial charge in [0.2, 0.25) is 0 Å². The Morgan fingerprint density at radius 2 is 1.18 bits per heavy atom. The molecule has 0 aliphatic heterocycles. The van der Waals surface area contributed by atoms with E-state index in [-0.39, 0.29) is 0 Å². The molecule has 0 fully saturated rings. The Labute approximate surface area is 109 Å². The monoisotopic (exact) mass is 241 g/mol.